The second-order valence-electron chi connectivity index (χ2n) is 2.74. The fourth-order valence-corrected chi connectivity index (χ4v) is 0.949. The van der Waals surface area contributed by atoms with Gasteiger partial charge in [-0.05, 0) is 13.0 Å². The molecule has 0 unspecified atom stereocenters. The molecule has 70 valence electrons. The summed E-state index contributed by atoms with van der Waals surface area (Å²) in [5.74, 6) is 0.590. The van der Waals surface area contributed by atoms with E-state index >= 15 is 0 Å². The average Bonchev–Trinajstić information content (AvgIpc) is 2.51. The standard InChI is InChI=1S/C9H13N3O/c1-4-5-9(13)12(3)8-6-7-11(2)10-8/h4-7H,1-3H3/b5-4+. The molecule has 1 amide bonds. The molecule has 0 radical (unpaired) electrons. The SMILES string of the molecule is C/C=C/C(=O)N(C)c1ccn(C)n1. The molecule has 1 rings (SSSR count). The van der Waals surface area contributed by atoms with Crippen molar-refractivity contribution >= 4 is 11.7 Å². The van der Waals surface area contributed by atoms with Crippen molar-refractivity contribution in [1.82, 2.24) is 9.78 Å². The number of hydrogen-bond acceptors (Lipinski definition) is 2. The zero-order valence-electron chi connectivity index (χ0n) is 8.06. The minimum atomic E-state index is -0.0683. The van der Waals surface area contributed by atoms with Crippen molar-refractivity contribution < 1.29 is 4.79 Å². The number of aryl methyl sites for hydroxylation is 1. The summed E-state index contributed by atoms with van der Waals surface area (Å²) in [4.78, 5) is 12.8. The van der Waals surface area contributed by atoms with Crippen molar-refractivity contribution in [1.29, 1.82) is 0 Å². The molecule has 0 atom stereocenters. The molecule has 0 aliphatic heterocycles. The van der Waals surface area contributed by atoms with Crippen LogP contribution in [0.4, 0.5) is 5.82 Å². The van der Waals surface area contributed by atoms with E-state index < -0.39 is 0 Å². The highest BCUT2D eigenvalue weighted by molar-refractivity contribution is 6.00. The lowest BCUT2D eigenvalue weighted by Gasteiger charge is -2.10. The Morgan fingerprint density at radius 1 is 1.69 bits per heavy atom. The van der Waals surface area contributed by atoms with Crippen LogP contribution in [0.5, 0.6) is 0 Å². The maximum Gasteiger partial charge on any atom is 0.251 e. The summed E-state index contributed by atoms with van der Waals surface area (Å²) in [6.45, 7) is 1.81. The maximum atomic E-state index is 11.3. The number of carbonyl (C=O) groups excluding carboxylic acids is 1. The molecule has 0 aromatic carbocycles. The quantitative estimate of drug-likeness (QED) is 0.634. The molecule has 1 aromatic heterocycles. The Morgan fingerprint density at radius 3 is 2.85 bits per heavy atom. The van der Waals surface area contributed by atoms with Crippen LogP contribution < -0.4 is 4.90 Å². The molecule has 0 aliphatic carbocycles. The van der Waals surface area contributed by atoms with Crippen LogP contribution in [0.2, 0.25) is 0 Å². The van der Waals surface area contributed by atoms with Gasteiger partial charge < -0.3 is 0 Å². The van der Waals surface area contributed by atoms with Crippen molar-refractivity contribution in [2.24, 2.45) is 7.05 Å². The number of nitrogens with zero attached hydrogens (tertiary/aromatic N) is 3. The fourth-order valence-electron chi connectivity index (χ4n) is 0.949. The second kappa shape index (κ2) is 3.89. The number of anilines is 1. The van der Waals surface area contributed by atoms with Crippen LogP contribution in [-0.4, -0.2) is 22.7 Å². The van der Waals surface area contributed by atoms with Crippen LogP contribution in [0.1, 0.15) is 6.92 Å². The van der Waals surface area contributed by atoms with Gasteiger partial charge in [0.2, 0.25) is 0 Å². The van der Waals surface area contributed by atoms with E-state index in [1.54, 1.807) is 30.1 Å². The van der Waals surface area contributed by atoms with Crippen LogP contribution >= 0.6 is 0 Å². The van der Waals surface area contributed by atoms with Gasteiger partial charge in [-0.15, -0.1) is 0 Å². The average molecular weight is 179 g/mol. The number of likely N-dealkylation sites (N-methyl/N-ethyl adjacent to an activating group) is 1. The highest BCUT2D eigenvalue weighted by Crippen LogP contribution is 2.07. The van der Waals surface area contributed by atoms with E-state index in [4.69, 9.17) is 0 Å². The Morgan fingerprint density at radius 2 is 2.38 bits per heavy atom. The Bertz CT molecular complexity index is 327. The first-order chi connectivity index (χ1) is 6.15. The normalized spacial score (nSPS) is 10.7. The van der Waals surface area contributed by atoms with E-state index in [0.717, 1.165) is 0 Å². The van der Waals surface area contributed by atoms with Gasteiger partial charge in [0, 0.05) is 26.4 Å². The number of hydrogen-bond donors (Lipinski definition) is 0. The molecule has 0 saturated heterocycles. The first kappa shape index (κ1) is 9.51. The number of allylic oxidation sites excluding steroid dienone is 1. The number of amides is 1. The van der Waals surface area contributed by atoms with Crippen molar-refractivity contribution in [2.45, 2.75) is 6.92 Å². The summed E-state index contributed by atoms with van der Waals surface area (Å²) in [7, 11) is 3.52. The number of rotatable bonds is 2. The minimum absolute atomic E-state index is 0.0683. The van der Waals surface area contributed by atoms with Crippen LogP contribution in [0, 0.1) is 0 Å². The van der Waals surface area contributed by atoms with Crippen molar-refractivity contribution in [3.63, 3.8) is 0 Å². The van der Waals surface area contributed by atoms with Gasteiger partial charge in [-0.2, -0.15) is 5.10 Å². The van der Waals surface area contributed by atoms with E-state index in [2.05, 4.69) is 5.10 Å². The highest BCUT2D eigenvalue weighted by Gasteiger charge is 2.08. The Labute approximate surface area is 77.5 Å². The third-order valence-electron chi connectivity index (χ3n) is 1.68. The predicted octanol–water partition coefficient (Wildman–Crippen LogP) is 0.959. The van der Waals surface area contributed by atoms with Crippen molar-refractivity contribution in [3.8, 4) is 0 Å². The molecule has 0 fully saturated rings. The van der Waals surface area contributed by atoms with Crippen molar-refractivity contribution in [2.75, 3.05) is 11.9 Å². The molecule has 0 bridgehead atoms. The van der Waals surface area contributed by atoms with Gasteiger partial charge in [-0.3, -0.25) is 14.4 Å². The van der Waals surface area contributed by atoms with E-state index in [0.29, 0.717) is 5.82 Å². The second-order valence-corrected chi connectivity index (χ2v) is 2.74. The van der Waals surface area contributed by atoms with Crippen molar-refractivity contribution in [3.05, 3.63) is 24.4 Å². The maximum absolute atomic E-state index is 11.3. The van der Waals surface area contributed by atoms with E-state index in [1.807, 2.05) is 14.0 Å². The first-order valence-electron chi connectivity index (χ1n) is 4.05. The van der Waals surface area contributed by atoms with Gasteiger partial charge in [-0.1, -0.05) is 6.08 Å². The van der Waals surface area contributed by atoms with Gasteiger partial charge in [0.25, 0.3) is 5.91 Å². The minimum Gasteiger partial charge on any atom is -0.295 e. The summed E-state index contributed by atoms with van der Waals surface area (Å²) >= 11 is 0. The third-order valence-corrected chi connectivity index (χ3v) is 1.68. The van der Waals surface area contributed by atoms with Crippen LogP contribution in [0.25, 0.3) is 0 Å². The Hall–Kier alpha value is -1.58. The molecular formula is C9H13N3O. The van der Waals surface area contributed by atoms with Gasteiger partial charge >= 0.3 is 0 Å². The smallest absolute Gasteiger partial charge is 0.251 e. The molecule has 0 N–H and O–H groups in total. The lowest BCUT2D eigenvalue weighted by Crippen LogP contribution is -2.24. The Kier molecular flexibility index (Phi) is 2.84. The van der Waals surface area contributed by atoms with Gasteiger partial charge in [-0.25, -0.2) is 0 Å². The molecule has 0 aliphatic rings. The highest BCUT2D eigenvalue weighted by atomic mass is 16.2. The molecule has 0 saturated carbocycles. The lowest BCUT2D eigenvalue weighted by atomic mass is 10.4. The molecule has 1 aromatic rings. The lowest BCUT2D eigenvalue weighted by molar-refractivity contribution is -0.113. The van der Waals surface area contributed by atoms with E-state index in [1.165, 1.54) is 11.0 Å². The summed E-state index contributed by atoms with van der Waals surface area (Å²) in [5, 5.41) is 4.10. The molecule has 4 heteroatoms. The van der Waals surface area contributed by atoms with E-state index in [-0.39, 0.29) is 5.91 Å². The molecule has 4 nitrogen and oxygen atoms in total. The largest absolute Gasteiger partial charge is 0.295 e. The zero-order chi connectivity index (χ0) is 9.84. The van der Waals surface area contributed by atoms with Gasteiger partial charge in [0.05, 0.1) is 0 Å². The fraction of sp³-hybridized carbons (Fsp3) is 0.333. The monoisotopic (exact) mass is 179 g/mol. The summed E-state index contributed by atoms with van der Waals surface area (Å²) in [6, 6.07) is 1.79. The topological polar surface area (TPSA) is 38.1 Å². The van der Waals surface area contributed by atoms with Crippen LogP contribution in [0.3, 0.4) is 0 Å². The predicted molar refractivity (Wildman–Crippen MR) is 51.4 cm³/mol. The third kappa shape index (κ3) is 2.18. The molecule has 1 heterocycles. The molecular weight excluding hydrogens is 166 g/mol. The van der Waals surface area contributed by atoms with Gasteiger partial charge in [0.1, 0.15) is 0 Å². The summed E-state index contributed by atoms with van der Waals surface area (Å²) < 4.78 is 1.66. The molecule has 0 spiro atoms. The number of aromatic nitrogens is 2. The van der Waals surface area contributed by atoms with Crippen LogP contribution in [-0.2, 0) is 11.8 Å². The van der Waals surface area contributed by atoms with Crippen LogP contribution in [0.15, 0.2) is 24.4 Å². The molecule has 13 heavy (non-hydrogen) atoms. The zero-order valence-corrected chi connectivity index (χ0v) is 8.06. The van der Waals surface area contributed by atoms with E-state index in [9.17, 15) is 4.79 Å². The summed E-state index contributed by atoms with van der Waals surface area (Å²) in [5.41, 5.74) is 0. The Balaban J connectivity index is 2.78. The van der Waals surface area contributed by atoms with Gasteiger partial charge in [0.15, 0.2) is 5.82 Å². The summed E-state index contributed by atoms with van der Waals surface area (Å²) in [6.07, 6.45) is 5.02. The first-order valence-corrected chi connectivity index (χ1v) is 4.05. The number of carbonyl (C=O) groups is 1.